The van der Waals surface area contributed by atoms with Crippen LogP contribution in [0.1, 0.15) is 29.8 Å². The number of carboxylic acids is 1. The van der Waals surface area contributed by atoms with Crippen molar-refractivity contribution in [3.05, 3.63) is 41.2 Å². The topological polar surface area (TPSA) is 84.1 Å². The second-order valence-corrected chi connectivity index (χ2v) is 7.27. The van der Waals surface area contributed by atoms with Gasteiger partial charge >= 0.3 is 5.97 Å². The van der Waals surface area contributed by atoms with Gasteiger partial charge in [0.25, 0.3) is 0 Å². The molecule has 1 N–H and O–H groups in total. The van der Waals surface area contributed by atoms with Crippen LogP contribution >= 0.6 is 0 Å². The first-order valence-electron chi connectivity index (χ1n) is 9.23. The number of carboxylic acid groups (broad SMARTS) is 1. The summed E-state index contributed by atoms with van der Waals surface area (Å²) in [7, 11) is 0. The highest BCUT2D eigenvalue weighted by Gasteiger charge is 2.28. The Kier molecular flexibility index (Phi) is 4.30. The summed E-state index contributed by atoms with van der Waals surface area (Å²) in [5.41, 5.74) is 4.90. The minimum absolute atomic E-state index is 0.276. The smallest absolute Gasteiger partial charge is 0.306 e. The lowest BCUT2D eigenvalue weighted by Gasteiger charge is -2.30. The molecule has 7 nitrogen and oxygen atoms in total. The fourth-order valence-electron chi connectivity index (χ4n) is 3.87. The van der Waals surface area contributed by atoms with Gasteiger partial charge in [0.15, 0.2) is 5.82 Å². The van der Waals surface area contributed by atoms with Crippen LogP contribution in [-0.4, -0.2) is 44.1 Å². The Hall–Kier alpha value is -2.96. The molecule has 1 fully saturated rings. The van der Waals surface area contributed by atoms with E-state index in [0.29, 0.717) is 25.9 Å². The summed E-state index contributed by atoms with van der Waals surface area (Å²) in [5, 5.41) is 23.9. The SMILES string of the molecule is Cc1cccc(-n2nc3c(N4CCC(C(=O)O)CC4)nnc(C)c3c2C)c1. The largest absolute Gasteiger partial charge is 0.481 e. The number of hydrogen-bond acceptors (Lipinski definition) is 5. The van der Waals surface area contributed by atoms with Gasteiger partial charge in [-0.15, -0.1) is 5.10 Å². The number of benzene rings is 1. The van der Waals surface area contributed by atoms with Crippen molar-refractivity contribution in [1.82, 2.24) is 20.0 Å². The van der Waals surface area contributed by atoms with E-state index in [4.69, 9.17) is 5.10 Å². The highest BCUT2D eigenvalue weighted by molar-refractivity contribution is 5.92. The van der Waals surface area contributed by atoms with Crippen LogP contribution in [0.25, 0.3) is 16.6 Å². The van der Waals surface area contributed by atoms with Crippen LogP contribution in [-0.2, 0) is 4.79 Å². The Labute approximate surface area is 157 Å². The van der Waals surface area contributed by atoms with Gasteiger partial charge in [-0.3, -0.25) is 4.79 Å². The molecule has 0 unspecified atom stereocenters. The van der Waals surface area contributed by atoms with Crippen LogP contribution < -0.4 is 4.90 Å². The lowest BCUT2D eigenvalue weighted by molar-refractivity contribution is -0.142. The van der Waals surface area contributed by atoms with E-state index in [2.05, 4.69) is 34.2 Å². The maximum Gasteiger partial charge on any atom is 0.306 e. The van der Waals surface area contributed by atoms with Crippen molar-refractivity contribution >= 4 is 22.7 Å². The summed E-state index contributed by atoms with van der Waals surface area (Å²) in [6.07, 6.45) is 1.23. The molecule has 1 aliphatic rings. The molecule has 0 amide bonds. The van der Waals surface area contributed by atoms with Crippen molar-refractivity contribution in [2.75, 3.05) is 18.0 Å². The molecule has 0 aliphatic carbocycles. The quantitative estimate of drug-likeness (QED) is 0.768. The third kappa shape index (κ3) is 3.03. The van der Waals surface area contributed by atoms with E-state index in [0.717, 1.165) is 33.8 Å². The van der Waals surface area contributed by atoms with Gasteiger partial charge in [-0.25, -0.2) is 4.68 Å². The minimum Gasteiger partial charge on any atom is -0.481 e. The normalized spacial score (nSPS) is 15.4. The summed E-state index contributed by atoms with van der Waals surface area (Å²) in [4.78, 5) is 13.3. The van der Waals surface area contributed by atoms with Gasteiger partial charge in [-0.2, -0.15) is 10.2 Å². The molecule has 3 heterocycles. The van der Waals surface area contributed by atoms with Crippen LogP contribution in [0.2, 0.25) is 0 Å². The lowest BCUT2D eigenvalue weighted by atomic mass is 9.97. The Balaban J connectivity index is 1.78. The Morgan fingerprint density at radius 1 is 1.15 bits per heavy atom. The highest BCUT2D eigenvalue weighted by atomic mass is 16.4. The lowest BCUT2D eigenvalue weighted by Crippen LogP contribution is -2.37. The molecule has 0 atom stereocenters. The standard InChI is InChI=1S/C20H23N5O2/c1-12-5-4-6-16(11-12)25-14(3)17-13(2)21-22-19(18(17)23-25)24-9-7-15(8-10-24)20(26)27/h4-6,11,15H,7-10H2,1-3H3,(H,26,27). The molecule has 0 spiro atoms. The van der Waals surface area contributed by atoms with Crippen LogP contribution in [0.3, 0.4) is 0 Å². The molecule has 2 aromatic heterocycles. The number of carbonyl (C=O) groups is 1. The van der Waals surface area contributed by atoms with E-state index in [9.17, 15) is 9.90 Å². The summed E-state index contributed by atoms with van der Waals surface area (Å²) >= 11 is 0. The van der Waals surface area contributed by atoms with Crippen LogP contribution in [0, 0.1) is 26.7 Å². The number of aryl methyl sites for hydroxylation is 3. The van der Waals surface area contributed by atoms with E-state index in [1.165, 1.54) is 5.56 Å². The number of rotatable bonds is 3. The maximum absolute atomic E-state index is 11.2. The third-order valence-corrected chi connectivity index (χ3v) is 5.37. The Morgan fingerprint density at radius 2 is 1.89 bits per heavy atom. The van der Waals surface area contributed by atoms with Crippen molar-refractivity contribution in [2.45, 2.75) is 33.6 Å². The first-order chi connectivity index (χ1) is 13.0. The second-order valence-electron chi connectivity index (χ2n) is 7.27. The van der Waals surface area contributed by atoms with Crippen molar-refractivity contribution in [1.29, 1.82) is 0 Å². The maximum atomic E-state index is 11.2. The summed E-state index contributed by atoms with van der Waals surface area (Å²) in [6.45, 7) is 7.37. The number of anilines is 1. The molecule has 0 radical (unpaired) electrons. The molecule has 7 heteroatoms. The van der Waals surface area contributed by atoms with E-state index in [-0.39, 0.29) is 5.92 Å². The minimum atomic E-state index is -0.714. The zero-order valence-electron chi connectivity index (χ0n) is 15.8. The summed E-state index contributed by atoms with van der Waals surface area (Å²) in [5.74, 6) is -0.245. The van der Waals surface area contributed by atoms with Crippen LogP contribution in [0.4, 0.5) is 5.82 Å². The average Bonchev–Trinajstić information content (AvgIpc) is 3.00. The second kappa shape index (κ2) is 6.64. The molecular weight excluding hydrogens is 342 g/mol. The summed E-state index contributed by atoms with van der Waals surface area (Å²) in [6, 6.07) is 8.24. The average molecular weight is 365 g/mol. The summed E-state index contributed by atoms with van der Waals surface area (Å²) < 4.78 is 1.95. The van der Waals surface area contributed by atoms with Gasteiger partial charge in [-0.05, 0) is 51.3 Å². The molecule has 1 saturated heterocycles. The van der Waals surface area contributed by atoms with E-state index >= 15 is 0 Å². The fourth-order valence-corrected chi connectivity index (χ4v) is 3.87. The molecule has 3 aromatic rings. The van der Waals surface area contributed by atoms with Crippen molar-refractivity contribution in [3.63, 3.8) is 0 Å². The molecule has 27 heavy (non-hydrogen) atoms. The van der Waals surface area contributed by atoms with Crippen LogP contribution in [0.15, 0.2) is 24.3 Å². The van der Waals surface area contributed by atoms with Gasteiger partial charge in [0.05, 0.1) is 28.4 Å². The molecule has 0 saturated carbocycles. The predicted molar refractivity (Wildman–Crippen MR) is 103 cm³/mol. The Bertz CT molecular complexity index is 1020. The van der Waals surface area contributed by atoms with Crippen molar-refractivity contribution in [2.24, 2.45) is 5.92 Å². The van der Waals surface area contributed by atoms with E-state index in [1.807, 2.05) is 30.7 Å². The van der Waals surface area contributed by atoms with Gasteiger partial charge in [0.1, 0.15) is 5.52 Å². The van der Waals surface area contributed by atoms with Gasteiger partial charge in [-0.1, -0.05) is 12.1 Å². The first kappa shape index (κ1) is 17.5. The Morgan fingerprint density at radius 3 is 2.56 bits per heavy atom. The zero-order valence-corrected chi connectivity index (χ0v) is 15.8. The number of piperidine rings is 1. The predicted octanol–water partition coefficient (Wildman–Crippen LogP) is 3.04. The molecule has 0 bridgehead atoms. The number of aliphatic carboxylic acids is 1. The fraction of sp³-hybridized carbons (Fsp3) is 0.400. The number of hydrogen-bond donors (Lipinski definition) is 1. The van der Waals surface area contributed by atoms with Gasteiger partial charge in [0, 0.05) is 13.1 Å². The number of aromatic nitrogens is 4. The van der Waals surface area contributed by atoms with Crippen molar-refractivity contribution < 1.29 is 9.90 Å². The van der Waals surface area contributed by atoms with Crippen LogP contribution in [0.5, 0.6) is 0 Å². The number of fused-ring (bicyclic) bond motifs is 1. The van der Waals surface area contributed by atoms with Crippen molar-refractivity contribution in [3.8, 4) is 5.69 Å². The molecule has 1 aromatic carbocycles. The molecule has 140 valence electrons. The van der Waals surface area contributed by atoms with E-state index < -0.39 is 5.97 Å². The first-order valence-corrected chi connectivity index (χ1v) is 9.23. The van der Waals surface area contributed by atoms with E-state index in [1.54, 1.807) is 0 Å². The molecular formula is C20H23N5O2. The zero-order chi connectivity index (χ0) is 19.1. The molecule has 4 rings (SSSR count). The molecule has 1 aliphatic heterocycles. The third-order valence-electron chi connectivity index (χ3n) is 5.37. The monoisotopic (exact) mass is 365 g/mol. The number of nitrogens with zero attached hydrogens (tertiary/aromatic N) is 5. The van der Waals surface area contributed by atoms with Gasteiger partial charge in [0.2, 0.25) is 0 Å². The highest BCUT2D eigenvalue weighted by Crippen LogP contribution is 2.31. The van der Waals surface area contributed by atoms with Gasteiger partial charge < -0.3 is 10.0 Å².